The number of carbonyl (C=O) groups excluding carboxylic acids is 1. The number of aromatic nitrogens is 1. The van der Waals surface area contributed by atoms with E-state index in [1.165, 1.54) is 0 Å². The van der Waals surface area contributed by atoms with E-state index in [1.807, 2.05) is 0 Å². The van der Waals surface area contributed by atoms with Crippen LogP contribution in [0.1, 0.15) is 55.3 Å². The molecule has 0 unspecified atom stereocenters. The third kappa shape index (κ3) is 2.84. The molecule has 2 rings (SSSR count). The summed E-state index contributed by atoms with van der Waals surface area (Å²) < 4.78 is 5.13. The van der Waals surface area contributed by atoms with Crippen LogP contribution in [0.3, 0.4) is 0 Å². The monoisotopic (exact) mass is 222 g/mol. The van der Waals surface area contributed by atoms with Gasteiger partial charge in [0.05, 0.1) is 0 Å². The Bertz CT molecular complexity index is 367. The lowest BCUT2D eigenvalue weighted by Gasteiger charge is -2.04. The Morgan fingerprint density at radius 3 is 3.00 bits per heavy atom. The summed E-state index contributed by atoms with van der Waals surface area (Å²) in [6.45, 7) is 4.96. The molecule has 0 bridgehead atoms. The molecule has 1 heterocycles. The molecule has 0 spiro atoms. The van der Waals surface area contributed by atoms with Crippen molar-refractivity contribution in [3.63, 3.8) is 0 Å². The summed E-state index contributed by atoms with van der Waals surface area (Å²) in [7, 11) is 0. The van der Waals surface area contributed by atoms with Gasteiger partial charge in [0.1, 0.15) is 5.76 Å². The van der Waals surface area contributed by atoms with E-state index in [4.69, 9.17) is 4.52 Å². The molecule has 16 heavy (non-hydrogen) atoms. The minimum atomic E-state index is -0.128. The van der Waals surface area contributed by atoms with Crippen LogP contribution >= 0.6 is 0 Å². The van der Waals surface area contributed by atoms with Gasteiger partial charge < -0.3 is 9.84 Å². The molecule has 0 atom stereocenters. The lowest BCUT2D eigenvalue weighted by molar-refractivity contribution is 0.0943. The molecule has 0 radical (unpaired) electrons. The highest BCUT2D eigenvalue weighted by Crippen LogP contribution is 2.40. The van der Waals surface area contributed by atoms with Crippen LogP contribution in [-0.4, -0.2) is 17.6 Å². The predicted octanol–water partition coefficient (Wildman–Crippen LogP) is 2.33. The Morgan fingerprint density at radius 1 is 1.62 bits per heavy atom. The zero-order valence-corrected chi connectivity index (χ0v) is 9.82. The number of nitrogens with zero attached hydrogens (tertiary/aromatic N) is 1. The van der Waals surface area contributed by atoms with E-state index in [2.05, 4.69) is 24.3 Å². The number of rotatable bonds is 5. The molecule has 1 aromatic rings. The van der Waals surface area contributed by atoms with E-state index in [0.29, 0.717) is 24.1 Å². The maximum absolute atomic E-state index is 11.6. The first-order chi connectivity index (χ1) is 7.66. The average molecular weight is 222 g/mol. The largest absolute Gasteiger partial charge is 0.360 e. The van der Waals surface area contributed by atoms with Gasteiger partial charge in [-0.25, -0.2) is 0 Å². The van der Waals surface area contributed by atoms with Crippen LogP contribution in [0.4, 0.5) is 0 Å². The third-order valence-corrected chi connectivity index (χ3v) is 2.75. The molecule has 1 N–H and O–H groups in total. The van der Waals surface area contributed by atoms with Gasteiger partial charge in [-0.05, 0) is 25.2 Å². The second kappa shape index (κ2) is 4.68. The minimum Gasteiger partial charge on any atom is -0.360 e. The lowest BCUT2D eigenvalue weighted by atomic mass is 10.1. The van der Waals surface area contributed by atoms with Crippen molar-refractivity contribution in [3.05, 3.63) is 17.5 Å². The minimum absolute atomic E-state index is 0.128. The first-order valence-corrected chi connectivity index (χ1v) is 5.91. The quantitative estimate of drug-likeness (QED) is 0.831. The number of amides is 1. The van der Waals surface area contributed by atoms with Gasteiger partial charge in [0.15, 0.2) is 5.69 Å². The van der Waals surface area contributed by atoms with Crippen molar-refractivity contribution in [2.75, 3.05) is 6.54 Å². The molecule has 0 aromatic carbocycles. The average Bonchev–Trinajstić information content (AvgIpc) is 2.96. The van der Waals surface area contributed by atoms with Gasteiger partial charge >= 0.3 is 0 Å². The van der Waals surface area contributed by atoms with Crippen LogP contribution in [0, 0.1) is 5.92 Å². The van der Waals surface area contributed by atoms with Gasteiger partial charge in [0.2, 0.25) is 0 Å². The molecule has 4 nitrogen and oxygen atoms in total. The van der Waals surface area contributed by atoms with Crippen molar-refractivity contribution >= 4 is 5.91 Å². The summed E-state index contributed by atoms with van der Waals surface area (Å²) >= 11 is 0. The van der Waals surface area contributed by atoms with E-state index in [-0.39, 0.29) is 5.91 Å². The number of nitrogens with one attached hydrogen (secondary N) is 1. The third-order valence-electron chi connectivity index (χ3n) is 2.75. The summed E-state index contributed by atoms with van der Waals surface area (Å²) in [5.41, 5.74) is 0.408. The van der Waals surface area contributed by atoms with Crippen molar-refractivity contribution in [1.29, 1.82) is 0 Å². The summed E-state index contributed by atoms with van der Waals surface area (Å²) in [6, 6.07) is 1.77. The summed E-state index contributed by atoms with van der Waals surface area (Å²) in [4.78, 5) is 11.6. The van der Waals surface area contributed by atoms with Crippen molar-refractivity contribution in [2.45, 2.75) is 39.0 Å². The second-order valence-corrected chi connectivity index (χ2v) is 4.83. The standard InChI is InChI=1S/C12H18N2O2/c1-8(2)5-6-13-12(15)10-7-11(16-14-10)9-3-4-9/h7-9H,3-6H2,1-2H3,(H,13,15). The molecule has 4 heteroatoms. The van der Waals surface area contributed by atoms with Gasteiger partial charge in [0, 0.05) is 18.5 Å². The first-order valence-electron chi connectivity index (χ1n) is 5.91. The maximum atomic E-state index is 11.6. The fraction of sp³-hybridized carbons (Fsp3) is 0.667. The molecule has 1 fully saturated rings. The van der Waals surface area contributed by atoms with Gasteiger partial charge in [0.25, 0.3) is 5.91 Å². The maximum Gasteiger partial charge on any atom is 0.273 e. The van der Waals surface area contributed by atoms with E-state index in [1.54, 1.807) is 6.07 Å². The molecule has 88 valence electrons. The zero-order chi connectivity index (χ0) is 11.5. The first kappa shape index (κ1) is 11.2. The fourth-order valence-electron chi connectivity index (χ4n) is 1.52. The van der Waals surface area contributed by atoms with Crippen molar-refractivity contribution in [2.24, 2.45) is 5.92 Å². The zero-order valence-electron chi connectivity index (χ0n) is 9.82. The van der Waals surface area contributed by atoms with Crippen LogP contribution in [-0.2, 0) is 0 Å². The Morgan fingerprint density at radius 2 is 2.38 bits per heavy atom. The molecule has 1 aromatic heterocycles. The van der Waals surface area contributed by atoms with Crippen LogP contribution in [0.5, 0.6) is 0 Å². The van der Waals surface area contributed by atoms with Gasteiger partial charge in [-0.1, -0.05) is 19.0 Å². The van der Waals surface area contributed by atoms with Crippen LogP contribution in [0.15, 0.2) is 10.6 Å². The molecular weight excluding hydrogens is 204 g/mol. The lowest BCUT2D eigenvalue weighted by Crippen LogP contribution is -2.25. The Kier molecular flexibility index (Phi) is 3.27. The van der Waals surface area contributed by atoms with Crippen molar-refractivity contribution < 1.29 is 9.32 Å². The second-order valence-electron chi connectivity index (χ2n) is 4.83. The highest BCUT2D eigenvalue weighted by molar-refractivity contribution is 5.92. The van der Waals surface area contributed by atoms with Crippen LogP contribution < -0.4 is 5.32 Å². The number of hydrogen-bond donors (Lipinski definition) is 1. The Hall–Kier alpha value is -1.32. The molecule has 1 saturated carbocycles. The molecular formula is C12H18N2O2. The normalized spacial score (nSPS) is 15.4. The molecule has 0 aliphatic heterocycles. The molecule has 1 amide bonds. The fourth-order valence-corrected chi connectivity index (χ4v) is 1.52. The predicted molar refractivity (Wildman–Crippen MR) is 60.3 cm³/mol. The van der Waals surface area contributed by atoms with Crippen LogP contribution in [0.25, 0.3) is 0 Å². The van der Waals surface area contributed by atoms with E-state index >= 15 is 0 Å². The van der Waals surface area contributed by atoms with Gasteiger partial charge in [-0.15, -0.1) is 0 Å². The smallest absolute Gasteiger partial charge is 0.273 e. The highest BCUT2D eigenvalue weighted by atomic mass is 16.5. The summed E-state index contributed by atoms with van der Waals surface area (Å²) in [5, 5.41) is 6.63. The molecule has 1 aliphatic rings. The molecule has 1 aliphatic carbocycles. The molecule has 0 saturated heterocycles. The van der Waals surface area contributed by atoms with E-state index in [9.17, 15) is 4.79 Å². The van der Waals surface area contributed by atoms with Crippen molar-refractivity contribution in [3.8, 4) is 0 Å². The topological polar surface area (TPSA) is 55.1 Å². The van der Waals surface area contributed by atoms with E-state index in [0.717, 1.165) is 25.0 Å². The Balaban J connectivity index is 1.83. The van der Waals surface area contributed by atoms with E-state index < -0.39 is 0 Å². The number of carbonyl (C=O) groups is 1. The highest BCUT2D eigenvalue weighted by Gasteiger charge is 2.28. The summed E-state index contributed by atoms with van der Waals surface area (Å²) in [5.74, 6) is 1.83. The van der Waals surface area contributed by atoms with Gasteiger partial charge in [-0.2, -0.15) is 0 Å². The number of hydrogen-bond acceptors (Lipinski definition) is 3. The SMILES string of the molecule is CC(C)CCNC(=O)c1cc(C2CC2)on1. The van der Waals surface area contributed by atoms with Crippen LogP contribution in [0.2, 0.25) is 0 Å². The van der Waals surface area contributed by atoms with Gasteiger partial charge in [-0.3, -0.25) is 4.79 Å². The Labute approximate surface area is 95.4 Å². The van der Waals surface area contributed by atoms with Crippen molar-refractivity contribution in [1.82, 2.24) is 10.5 Å². The summed E-state index contributed by atoms with van der Waals surface area (Å²) in [6.07, 6.45) is 3.30.